The fourth-order valence-corrected chi connectivity index (χ4v) is 16.5. The maximum Gasteiger partial charge on any atom is 0.333 e. The standard InChI is InChI=1S/C47H29BN2Si/c1-28-26-36-34-17-11-23-43-47(34)50(38-19-6-9-22-42(38)51(43)40-20-7-4-14-31(40)32-15-5-8-21-41(32)51)48-37-18-10-16-33-35-25-24-29-12-2-3-13-30(29)45(35)49(46(33)37)39(27-28)44(36)48/h2-27H,1H3. The molecule has 9 aromatic rings. The third kappa shape index (κ3) is 2.90. The van der Waals surface area contributed by atoms with E-state index in [4.69, 9.17) is 0 Å². The van der Waals surface area contributed by atoms with Gasteiger partial charge in [0.15, 0.2) is 8.07 Å². The third-order valence-electron chi connectivity index (χ3n) is 12.6. The summed E-state index contributed by atoms with van der Waals surface area (Å²) in [7, 11) is -2.67. The lowest BCUT2D eigenvalue weighted by molar-refractivity contribution is 1.18. The molecule has 0 atom stereocenters. The van der Waals surface area contributed by atoms with E-state index in [0.29, 0.717) is 0 Å². The van der Waals surface area contributed by atoms with Crippen molar-refractivity contribution in [1.82, 2.24) is 4.57 Å². The van der Waals surface area contributed by atoms with Crippen LogP contribution in [0, 0.1) is 6.92 Å². The molecule has 0 amide bonds. The Morgan fingerprint density at radius 2 is 1.12 bits per heavy atom. The van der Waals surface area contributed by atoms with Gasteiger partial charge < -0.3 is 9.38 Å². The van der Waals surface area contributed by atoms with Crippen molar-refractivity contribution in [2.24, 2.45) is 0 Å². The van der Waals surface area contributed by atoms with Crippen LogP contribution in [0.4, 0.5) is 11.4 Å². The van der Waals surface area contributed by atoms with Gasteiger partial charge in [-0.25, -0.2) is 0 Å². The second kappa shape index (κ2) is 8.97. The van der Waals surface area contributed by atoms with E-state index in [-0.39, 0.29) is 6.85 Å². The number of anilines is 2. The van der Waals surface area contributed by atoms with Gasteiger partial charge in [-0.05, 0) is 78.4 Å². The highest BCUT2D eigenvalue weighted by atomic mass is 28.3. The summed E-state index contributed by atoms with van der Waals surface area (Å²) in [5, 5.41) is 11.3. The monoisotopic (exact) mass is 660 g/mol. The van der Waals surface area contributed by atoms with Crippen LogP contribution in [0.5, 0.6) is 0 Å². The first kappa shape index (κ1) is 26.7. The van der Waals surface area contributed by atoms with Crippen molar-refractivity contribution in [2.75, 3.05) is 4.81 Å². The second-order valence-corrected chi connectivity index (χ2v) is 18.5. The van der Waals surface area contributed by atoms with E-state index in [0.717, 1.165) is 0 Å². The smallest absolute Gasteiger partial charge is 0.333 e. The summed E-state index contributed by atoms with van der Waals surface area (Å²) in [4.78, 5) is 2.76. The Labute approximate surface area is 297 Å². The predicted molar refractivity (Wildman–Crippen MR) is 218 cm³/mol. The fraction of sp³-hybridized carbons (Fsp3) is 0.0213. The van der Waals surface area contributed by atoms with E-state index in [1.807, 2.05) is 0 Å². The van der Waals surface area contributed by atoms with Gasteiger partial charge in [0, 0.05) is 38.8 Å². The van der Waals surface area contributed by atoms with Gasteiger partial charge in [-0.2, -0.15) is 0 Å². The van der Waals surface area contributed by atoms with Gasteiger partial charge in [-0.15, -0.1) is 0 Å². The summed E-state index contributed by atoms with van der Waals surface area (Å²) in [6, 6.07) is 60.7. The van der Waals surface area contributed by atoms with Crippen LogP contribution in [0.3, 0.4) is 0 Å². The second-order valence-electron chi connectivity index (χ2n) is 14.8. The van der Waals surface area contributed by atoms with Crippen molar-refractivity contribution in [3.63, 3.8) is 0 Å². The maximum absolute atomic E-state index is 2.76. The molecule has 4 heteroatoms. The molecular weight excluding hydrogens is 631 g/mol. The lowest BCUT2D eigenvalue weighted by atomic mass is 9.44. The van der Waals surface area contributed by atoms with Crippen molar-refractivity contribution in [2.45, 2.75) is 6.92 Å². The molecule has 51 heavy (non-hydrogen) atoms. The van der Waals surface area contributed by atoms with Crippen LogP contribution in [0.2, 0.25) is 0 Å². The summed E-state index contributed by atoms with van der Waals surface area (Å²) in [6.07, 6.45) is 0. The number of rotatable bonds is 0. The van der Waals surface area contributed by atoms with Crippen molar-refractivity contribution in [3.05, 3.63) is 163 Å². The Bertz CT molecular complexity index is 3040. The van der Waals surface area contributed by atoms with Crippen LogP contribution < -0.4 is 36.5 Å². The van der Waals surface area contributed by atoms with Gasteiger partial charge in [0.25, 0.3) is 0 Å². The Hall–Kier alpha value is -6.10. The molecule has 0 unspecified atom stereocenters. The fourth-order valence-electron chi connectivity index (χ4n) is 10.9. The van der Waals surface area contributed by atoms with Crippen LogP contribution in [-0.2, 0) is 0 Å². The van der Waals surface area contributed by atoms with Gasteiger partial charge >= 0.3 is 6.85 Å². The summed E-state index contributed by atoms with van der Waals surface area (Å²) < 4.78 is 2.62. The maximum atomic E-state index is 2.76. The van der Waals surface area contributed by atoms with Crippen molar-refractivity contribution < 1.29 is 0 Å². The van der Waals surface area contributed by atoms with Gasteiger partial charge in [0.1, 0.15) is 0 Å². The Kier molecular flexibility index (Phi) is 4.70. The SMILES string of the molecule is Cc1cc2c3c(c1)-n1c4c(cccc4c4ccc5ccccc5c41)B3N1c3ccccc3[Si]3(c4ccccc4-c4ccccc43)c3cccc-2c31. The molecule has 0 bridgehead atoms. The minimum atomic E-state index is -2.67. The van der Waals surface area contributed by atoms with Crippen LogP contribution >= 0.6 is 0 Å². The Balaban J connectivity index is 1.24. The van der Waals surface area contributed by atoms with E-state index in [2.05, 4.69) is 174 Å². The molecule has 0 aliphatic carbocycles. The molecule has 5 heterocycles. The van der Waals surface area contributed by atoms with Crippen LogP contribution in [-0.4, -0.2) is 19.5 Å². The van der Waals surface area contributed by atoms with Gasteiger partial charge in [-0.3, -0.25) is 0 Å². The number of hydrogen-bond acceptors (Lipinski definition) is 1. The summed E-state index contributed by atoms with van der Waals surface area (Å²) in [5.74, 6) is 0. The number of nitrogens with zero attached hydrogens (tertiary/aromatic N) is 2. The average molecular weight is 661 g/mol. The van der Waals surface area contributed by atoms with Gasteiger partial charge in [0.05, 0.1) is 11.0 Å². The molecule has 0 N–H and O–H groups in total. The zero-order valence-corrected chi connectivity index (χ0v) is 29.0. The molecule has 4 aliphatic heterocycles. The van der Waals surface area contributed by atoms with Crippen molar-refractivity contribution in [1.29, 1.82) is 0 Å². The highest BCUT2D eigenvalue weighted by Gasteiger charge is 2.57. The number of fused-ring (bicyclic) bond motifs is 18. The first-order valence-electron chi connectivity index (χ1n) is 18.1. The van der Waals surface area contributed by atoms with E-state index < -0.39 is 8.07 Å². The quantitative estimate of drug-likeness (QED) is 0.157. The molecule has 8 aromatic carbocycles. The van der Waals surface area contributed by atoms with E-state index in [1.165, 1.54) is 109 Å². The number of aryl methyl sites for hydroxylation is 1. The summed E-state index contributed by atoms with van der Waals surface area (Å²) >= 11 is 0. The van der Waals surface area contributed by atoms with E-state index >= 15 is 0 Å². The average Bonchev–Trinajstić information content (AvgIpc) is 3.68. The molecule has 0 saturated carbocycles. The topological polar surface area (TPSA) is 8.17 Å². The van der Waals surface area contributed by atoms with Crippen molar-refractivity contribution in [3.8, 4) is 27.9 Å². The minimum Gasteiger partial charge on any atom is -0.376 e. The minimum absolute atomic E-state index is 0.0374. The first-order valence-corrected chi connectivity index (χ1v) is 20.1. The highest BCUT2D eigenvalue weighted by molar-refractivity contribution is 7.24. The molecular formula is C47H29BN2Si. The zero-order valence-electron chi connectivity index (χ0n) is 28.0. The largest absolute Gasteiger partial charge is 0.376 e. The Morgan fingerprint density at radius 3 is 1.96 bits per heavy atom. The number of para-hydroxylation sites is 3. The van der Waals surface area contributed by atoms with E-state index in [1.54, 1.807) is 0 Å². The first-order chi connectivity index (χ1) is 25.2. The van der Waals surface area contributed by atoms with Crippen molar-refractivity contribution >= 4 is 90.5 Å². The molecule has 1 aromatic heterocycles. The van der Waals surface area contributed by atoms with Gasteiger partial charge in [-0.1, -0.05) is 146 Å². The molecule has 0 radical (unpaired) electrons. The van der Waals surface area contributed by atoms with Gasteiger partial charge in [0.2, 0.25) is 0 Å². The third-order valence-corrected chi connectivity index (χ3v) is 17.5. The van der Waals surface area contributed by atoms with Crippen LogP contribution in [0.1, 0.15) is 5.56 Å². The lowest BCUT2D eigenvalue weighted by Crippen LogP contribution is -2.78. The summed E-state index contributed by atoms with van der Waals surface area (Å²) in [5.41, 5.74) is 16.3. The lowest BCUT2D eigenvalue weighted by Gasteiger charge is -2.50. The molecule has 234 valence electrons. The number of aromatic nitrogens is 1. The normalized spacial score (nSPS) is 14.8. The summed E-state index contributed by atoms with van der Waals surface area (Å²) in [6.45, 7) is 2.32. The predicted octanol–water partition coefficient (Wildman–Crippen LogP) is 7.15. The number of hydrogen-bond donors (Lipinski definition) is 0. The van der Waals surface area contributed by atoms with E-state index in [9.17, 15) is 0 Å². The molecule has 2 nitrogen and oxygen atoms in total. The molecule has 1 spiro atoms. The Morgan fingerprint density at radius 1 is 0.471 bits per heavy atom. The van der Waals surface area contributed by atoms with Crippen LogP contribution in [0.15, 0.2) is 158 Å². The number of benzene rings is 8. The molecule has 4 aliphatic rings. The molecule has 13 rings (SSSR count). The molecule has 0 fully saturated rings. The zero-order chi connectivity index (χ0) is 33.2. The van der Waals surface area contributed by atoms with Crippen LogP contribution in [0.25, 0.3) is 60.5 Å². The highest BCUT2D eigenvalue weighted by Crippen LogP contribution is 2.47. The molecule has 0 saturated heterocycles.